The lowest BCUT2D eigenvalue weighted by Gasteiger charge is -2.49. The van der Waals surface area contributed by atoms with Gasteiger partial charge in [0.15, 0.2) is 0 Å². The van der Waals surface area contributed by atoms with Crippen LogP contribution in [0, 0.1) is 0 Å². The lowest BCUT2D eigenvalue weighted by Crippen LogP contribution is -2.70. The van der Waals surface area contributed by atoms with Crippen LogP contribution in [-0.2, 0) is 41.7 Å². The average Bonchev–Trinajstić information content (AvgIpc) is 3.75. The molecule has 3 saturated heterocycles. The Morgan fingerprint density at radius 1 is 1.02 bits per heavy atom. The zero-order chi connectivity index (χ0) is 34.5. The van der Waals surface area contributed by atoms with Gasteiger partial charge in [-0.1, -0.05) is 55.1 Å². The van der Waals surface area contributed by atoms with Gasteiger partial charge >= 0.3 is 12.1 Å². The summed E-state index contributed by atoms with van der Waals surface area (Å²) in [4.78, 5) is 70.8. The third-order valence-electron chi connectivity index (χ3n) is 8.94. The van der Waals surface area contributed by atoms with E-state index in [1.807, 2.05) is 30.3 Å². The summed E-state index contributed by atoms with van der Waals surface area (Å²) < 4.78 is 16.1. The van der Waals surface area contributed by atoms with Crippen molar-refractivity contribution in [2.75, 3.05) is 39.1 Å². The molecule has 0 saturated carbocycles. The fourth-order valence-corrected chi connectivity index (χ4v) is 7.70. The van der Waals surface area contributed by atoms with E-state index in [4.69, 9.17) is 14.2 Å². The summed E-state index contributed by atoms with van der Waals surface area (Å²) in [7, 11) is 1.56. The highest BCUT2D eigenvalue weighted by Gasteiger charge is 2.54. The standard InChI is InChI=1S/C36H38N4O8S/c1-3-17-47-36(45)38-15-14-27(20-38)39-16-13-25(32(39)42)19-26-22-49-34-30(37-29(41)18-23-7-5-4-6-8-23)33(43)40(34)31(26)35(44)48-21-24-9-11-28(46-2)12-10-24/h3-12,19,27,30,34H,1,13-18,20-22H2,2H3,(H,37,41)/t27-,30-,34-/m1/s1. The summed E-state index contributed by atoms with van der Waals surface area (Å²) in [6.07, 6.45) is 3.98. The van der Waals surface area contributed by atoms with Crippen molar-refractivity contribution in [1.29, 1.82) is 0 Å². The molecular weight excluding hydrogens is 648 g/mol. The molecular formula is C36H38N4O8S. The number of carbonyl (C=O) groups excluding carboxylic acids is 5. The Hall–Kier alpha value is -5.04. The van der Waals surface area contributed by atoms with E-state index in [0.717, 1.165) is 11.1 Å². The summed E-state index contributed by atoms with van der Waals surface area (Å²) >= 11 is 1.42. The van der Waals surface area contributed by atoms with Gasteiger partial charge in [0.05, 0.1) is 19.6 Å². The highest BCUT2D eigenvalue weighted by molar-refractivity contribution is 8.00. The first-order valence-electron chi connectivity index (χ1n) is 16.1. The van der Waals surface area contributed by atoms with E-state index in [0.29, 0.717) is 55.1 Å². The number of amides is 4. The van der Waals surface area contributed by atoms with Crippen molar-refractivity contribution in [1.82, 2.24) is 20.0 Å². The topological polar surface area (TPSA) is 135 Å². The predicted octanol–water partition coefficient (Wildman–Crippen LogP) is 3.19. The second kappa shape index (κ2) is 15.0. The van der Waals surface area contributed by atoms with E-state index < -0.39 is 29.4 Å². The number of ether oxygens (including phenoxy) is 3. The molecule has 0 bridgehead atoms. The van der Waals surface area contributed by atoms with Gasteiger partial charge in [0.1, 0.15) is 36.1 Å². The normalized spacial score (nSPS) is 22.5. The number of esters is 1. The number of carbonyl (C=O) groups is 5. The third-order valence-corrected chi connectivity index (χ3v) is 10.2. The molecule has 1 N–H and O–H groups in total. The second-order valence-electron chi connectivity index (χ2n) is 12.1. The zero-order valence-corrected chi connectivity index (χ0v) is 28.0. The predicted molar refractivity (Wildman–Crippen MR) is 181 cm³/mol. The molecule has 2 aromatic rings. The molecule has 2 aromatic carbocycles. The minimum absolute atomic E-state index is 0.0343. The van der Waals surface area contributed by atoms with Gasteiger partial charge in [-0.05, 0) is 47.8 Å². The first-order chi connectivity index (χ1) is 23.8. The molecule has 12 nitrogen and oxygen atoms in total. The van der Waals surface area contributed by atoms with Crippen LogP contribution < -0.4 is 10.1 Å². The van der Waals surface area contributed by atoms with Crippen molar-refractivity contribution in [3.8, 4) is 5.75 Å². The molecule has 0 spiro atoms. The fourth-order valence-electron chi connectivity index (χ4n) is 6.40. The van der Waals surface area contributed by atoms with Gasteiger partial charge in [-0.15, -0.1) is 11.8 Å². The van der Waals surface area contributed by atoms with E-state index in [1.165, 1.54) is 22.7 Å². The van der Waals surface area contributed by atoms with Crippen LogP contribution in [0.2, 0.25) is 0 Å². The first kappa shape index (κ1) is 33.8. The summed E-state index contributed by atoms with van der Waals surface area (Å²) in [6, 6.07) is 15.4. The number of likely N-dealkylation sites (tertiary alicyclic amines) is 2. The zero-order valence-electron chi connectivity index (χ0n) is 27.2. The van der Waals surface area contributed by atoms with E-state index in [-0.39, 0.29) is 43.2 Å². The minimum Gasteiger partial charge on any atom is -0.497 e. The number of hydrogen-bond acceptors (Lipinski definition) is 9. The Morgan fingerprint density at radius 3 is 2.53 bits per heavy atom. The number of benzene rings is 2. The van der Waals surface area contributed by atoms with Crippen LogP contribution in [0.5, 0.6) is 5.75 Å². The van der Waals surface area contributed by atoms with Crippen LogP contribution in [0.3, 0.4) is 0 Å². The number of fused-ring (bicyclic) bond motifs is 1. The molecule has 0 radical (unpaired) electrons. The molecule has 49 heavy (non-hydrogen) atoms. The Bertz CT molecular complexity index is 1690. The number of β-lactam (4-membered cyclic amide) rings is 1. The maximum atomic E-state index is 13.7. The lowest BCUT2D eigenvalue weighted by atomic mass is 10.0. The quantitative estimate of drug-likeness (QED) is 0.164. The number of rotatable bonds is 11. The Balaban J connectivity index is 1.19. The second-order valence-corrected chi connectivity index (χ2v) is 13.2. The van der Waals surface area contributed by atoms with Gasteiger partial charge in [-0.2, -0.15) is 0 Å². The van der Waals surface area contributed by atoms with Crippen LogP contribution in [0.15, 0.2) is 90.2 Å². The molecule has 4 amide bonds. The lowest BCUT2D eigenvalue weighted by molar-refractivity contribution is -0.153. The Morgan fingerprint density at radius 2 is 1.80 bits per heavy atom. The molecule has 4 aliphatic heterocycles. The maximum Gasteiger partial charge on any atom is 0.410 e. The highest BCUT2D eigenvalue weighted by atomic mass is 32.2. The first-order valence-corrected chi connectivity index (χ1v) is 17.2. The van der Waals surface area contributed by atoms with Crippen molar-refractivity contribution in [2.45, 2.75) is 43.3 Å². The molecule has 0 aliphatic carbocycles. The number of allylic oxidation sites excluding steroid dienone is 1. The van der Waals surface area contributed by atoms with Crippen LogP contribution in [-0.4, -0.2) is 101 Å². The SMILES string of the molecule is C=CCOC(=O)N1CC[C@@H](N2CCC(=CC3=C(C(=O)OCc4ccc(OC)cc4)N4C(=O)[C@@H](NC(=O)Cc5ccccc5)[C@H]4SC3)C2=O)C1. The van der Waals surface area contributed by atoms with E-state index in [9.17, 15) is 24.0 Å². The van der Waals surface area contributed by atoms with Crippen molar-refractivity contribution in [2.24, 2.45) is 0 Å². The summed E-state index contributed by atoms with van der Waals surface area (Å²) in [5.74, 6) is -0.574. The van der Waals surface area contributed by atoms with E-state index in [1.54, 1.807) is 47.3 Å². The van der Waals surface area contributed by atoms with Crippen LogP contribution >= 0.6 is 11.8 Å². The van der Waals surface area contributed by atoms with Gasteiger partial charge in [-0.3, -0.25) is 19.3 Å². The molecule has 6 rings (SSSR count). The van der Waals surface area contributed by atoms with Crippen LogP contribution in [0.25, 0.3) is 0 Å². The monoisotopic (exact) mass is 686 g/mol. The Labute approximate surface area is 288 Å². The minimum atomic E-state index is -0.799. The summed E-state index contributed by atoms with van der Waals surface area (Å²) in [5.41, 5.74) is 2.66. The number of nitrogens with one attached hydrogen (secondary N) is 1. The van der Waals surface area contributed by atoms with Gasteiger partial charge in [-0.25, -0.2) is 9.59 Å². The molecule has 4 heterocycles. The van der Waals surface area contributed by atoms with Crippen molar-refractivity contribution in [3.05, 3.63) is 101 Å². The fraction of sp³-hybridized carbons (Fsp3) is 0.361. The van der Waals surface area contributed by atoms with Crippen molar-refractivity contribution < 1.29 is 38.2 Å². The largest absolute Gasteiger partial charge is 0.497 e. The number of nitrogens with zero attached hydrogens (tertiary/aromatic N) is 3. The molecule has 4 aliphatic rings. The number of methoxy groups -OCH3 is 1. The van der Waals surface area contributed by atoms with Crippen LogP contribution in [0.4, 0.5) is 4.79 Å². The van der Waals surface area contributed by atoms with Crippen LogP contribution in [0.1, 0.15) is 24.0 Å². The van der Waals surface area contributed by atoms with Gasteiger partial charge < -0.3 is 29.3 Å². The number of hydrogen-bond donors (Lipinski definition) is 1. The van der Waals surface area contributed by atoms with E-state index in [2.05, 4.69) is 11.9 Å². The molecule has 3 atom stereocenters. The molecule has 0 unspecified atom stereocenters. The third kappa shape index (κ3) is 7.36. The smallest absolute Gasteiger partial charge is 0.410 e. The number of thioether (sulfide) groups is 1. The van der Waals surface area contributed by atoms with E-state index >= 15 is 0 Å². The van der Waals surface area contributed by atoms with Crippen molar-refractivity contribution >= 4 is 41.5 Å². The molecule has 0 aromatic heterocycles. The van der Waals surface area contributed by atoms with Gasteiger partial charge in [0.2, 0.25) is 11.8 Å². The molecule has 256 valence electrons. The Kier molecular flexibility index (Phi) is 10.4. The van der Waals surface area contributed by atoms with Crippen molar-refractivity contribution in [3.63, 3.8) is 0 Å². The maximum absolute atomic E-state index is 13.7. The highest BCUT2D eigenvalue weighted by Crippen LogP contribution is 2.42. The summed E-state index contributed by atoms with van der Waals surface area (Å²) in [5, 5.41) is 2.34. The molecule has 3 fully saturated rings. The van der Waals surface area contributed by atoms with Gasteiger partial charge in [0, 0.05) is 31.0 Å². The molecule has 13 heteroatoms. The average molecular weight is 687 g/mol. The summed E-state index contributed by atoms with van der Waals surface area (Å²) in [6.45, 7) is 4.98. The van der Waals surface area contributed by atoms with Gasteiger partial charge in [0.25, 0.3) is 5.91 Å².